The van der Waals surface area contributed by atoms with Crippen molar-refractivity contribution in [3.05, 3.63) is 81.9 Å². The van der Waals surface area contributed by atoms with Crippen LogP contribution in [-0.4, -0.2) is 10.1 Å². The lowest BCUT2D eigenvalue weighted by Gasteiger charge is -2.26. The standard InChI is InChI=1S/C26H29ClFNOS/c1-15(2)25-22(14-31-21-12-10-20(28)11-13-21)24(18-6-8-19(27)9-7-18)23(17(5)30)26(29-25)16(3)4/h6-13,15-17,30H,14H2,1-5H3. The fourth-order valence-corrected chi connectivity index (χ4v) is 4.85. The Hall–Kier alpha value is -1.88. The second-order valence-electron chi connectivity index (χ2n) is 8.38. The van der Waals surface area contributed by atoms with Gasteiger partial charge in [0, 0.05) is 32.6 Å². The summed E-state index contributed by atoms with van der Waals surface area (Å²) in [5.74, 6) is 0.818. The van der Waals surface area contributed by atoms with Crippen molar-refractivity contribution in [2.75, 3.05) is 0 Å². The molecule has 0 saturated carbocycles. The molecule has 1 heterocycles. The second-order valence-corrected chi connectivity index (χ2v) is 9.87. The van der Waals surface area contributed by atoms with E-state index in [0.29, 0.717) is 10.8 Å². The lowest BCUT2D eigenvalue weighted by Crippen LogP contribution is -2.13. The molecule has 5 heteroatoms. The molecule has 0 radical (unpaired) electrons. The van der Waals surface area contributed by atoms with Gasteiger partial charge in [0.2, 0.25) is 0 Å². The molecule has 1 aromatic heterocycles. The van der Waals surface area contributed by atoms with E-state index in [1.165, 1.54) is 12.1 Å². The van der Waals surface area contributed by atoms with Crippen LogP contribution in [0.1, 0.15) is 75.1 Å². The Labute approximate surface area is 193 Å². The van der Waals surface area contributed by atoms with E-state index >= 15 is 0 Å². The molecule has 0 bridgehead atoms. The van der Waals surface area contributed by atoms with Gasteiger partial charge >= 0.3 is 0 Å². The van der Waals surface area contributed by atoms with Gasteiger partial charge in [0.05, 0.1) is 6.10 Å². The monoisotopic (exact) mass is 457 g/mol. The van der Waals surface area contributed by atoms with Crippen molar-refractivity contribution < 1.29 is 9.50 Å². The van der Waals surface area contributed by atoms with Crippen LogP contribution in [0.2, 0.25) is 5.02 Å². The van der Waals surface area contributed by atoms with Crippen LogP contribution in [0.15, 0.2) is 53.4 Å². The number of rotatable bonds is 7. The maximum atomic E-state index is 13.3. The van der Waals surface area contributed by atoms with Crippen LogP contribution in [0, 0.1) is 5.82 Å². The van der Waals surface area contributed by atoms with Gasteiger partial charge in [-0.1, -0.05) is 51.4 Å². The molecule has 2 aromatic carbocycles. The summed E-state index contributed by atoms with van der Waals surface area (Å²) in [6.45, 7) is 10.3. The van der Waals surface area contributed by atoms with Crippen molar-refractivity contribution in [1.29, 1.82) is 0 Å². The number of hydrogen-bond acceptors (Lipinski definition) is 3. The topological polar surface area (TPSA) is 33.1 Å². The van der Waals surface area contributed by atoms with Gasteiger partial charge < -0.3 is 5.11 Å². The first-order chi connectivity index (χ1) is 14.7. The van der Waals surface area contributed by atoms with Gasteiger partial charge in [-0.25, -0.2) is 4.39 Å². The average Bonchev–Trinajstić information content (AvgIpc) is 2.72. The zero-order valence-electron chi connectivity index (χ0n) is 18.6. The summed E-state index contributed by atoms with van der Waals surface area (Å²) < 4.78 is 13.3. The summed E-state index contributed by atoms with van der Waals surface area (Å²) in [6, 6.07) is 14.3. The van der Waals surface area contributed by atoms with Crippen molar-refractivity contribution in [1.82, 2.24) is 4.98 Å². The molecule has 3 rings (SSSR count). The van der Waals surface area contributed by atoms with E-state index < -0.39 is 6.10 Å². The largest absolute Gasteiger partial charge is 0.389 e. The average molecular weight is 458 g/mol. The van der Waals surface area contributed by atoms with E-state index in [4.69, 9.17) is 16.6 Å². The molecule has 1 atom stereocenters. The maximum Gasteiger partial charge on any atom is 0.123 e. The zero-order valence-corrected chi connectivity index (χ0v) is 20.2. The van der Waals surface area contributed by atoms with Gasteiger partial charge in [-0.2, -0.15) is 0 Å². The molecule has 0 aliphatic carbocycles. The van der Waals surface area contributed by atoms with Gasteiger partial charge in [-0.05, 0) is 71.8 Å². The van der Waals surface area contributed by atoms with E-state index in [0.717, 1.165) is 38.5 Å². The molecule has 0 aliphatic rings. The first-order valence-corrected chi connectivity index (χ1v) is 11.9. The molecule has 2 nitrogen and oxygen atoms in total. The van der Waals surface area contributed by atoms with E-state index in [-0.39, 0.29) is 17.7 Å². The first-order valence-electron chi connectivity index (χ1n) is 10.6. The van der Waals surface area contributed by atoms with Crippen molar-refractivity contribution in [3.8, 4) is 11.1 Å². The number of hydrogen-bond donors (Lipinski definition) is 1. The predicted octanol–water partition coefficient (Wildman–Crippen LogP) is 8.13. The van der Waals surface area contributed by atoms with Crippen LogP contribution in [0.25, 0.3) is 11.1 Å². The molecular weight excluding hydrogens is 429 g/mol. The molecule has 31 heavy (non-hydrogen) atoms. The zero-order chi connectivity index (χ0) is 22.7. The number of aliphatic hydroxyl groups excluding tert-OH is 1. The van der Waals surface area contributed by atoms with Crippen LogP contribution in [0.3, 0.4) is 0 Å². The Bertz CT molecular complexity index is 1030. The Morgan fingerprint density at radius 1 is 0.903 bits per heavy atom. The highest BCUT2D eigenvalue weighted by atomic mass is 35.5. The summed E-state index contributed by atoms with van der Waals surface area (Å²) >= 11 is 7.81. The van der Waals surface area contributed by atoms with Crippen LogP contribution in [-0.2, 0) is 5.75 Å². The van der Waals surface area contributed by atoms with Gasteiger partial charge in [0.15, 0.2) is 0 Å². The maximum absolute atomic E-state index is 13.3. The minimum atomic E-state index is -0.661. The molecule has 0 aliphatic heterocycles. The Kier molecular flexibility index (Phi) is 7.79. The highest BCUT2D eigenvalue weighted by Crippen LogP contribution is 2.42. The van der Waals surface area contributed by atoms with Crippen molar-refractivity contribution >= 4 is 23.4 Å². The number of nitrogens with zero attached hydrogens (tertiary/aromatic N) is 1. The van der Waals surface area contributed by atoms with Crippen molar-refractivity contribution in [2.45, 2.75) is 63.2 Å². The molecule has 0 amide bonds. The van der Waals surface area contributed by atoms with E-state index in [9.17, 15) is 9.50 Å². The second kappa shape index (κ2) is 10.2. The molecule has 164 valence electrons. The minimum Gasteiger partial charge on any atom is -0.389 e. The van der Waals surface area contributed by atoms with Gasteiger partial charge in [0.1, 0.15) is 5.82 Å². The molecular formula is C26H29ClFNOS. The predicted molar refractivity (Wildman–Crippen MR) is 129 cm³/mol. The molecule has 3 aromatic rings. The molecule has 1 unspecified atom stereocenters. The van der Waals surface area contributed by atoms with Crippen LogP contribution in [0.4, 0.5) is 4.39 Å². The lowest BCUT2D eigenvalue weighted by atomic mass is 9.86. The number of aromatic nitrogens is 1. The van der Waals surface area contributed by atoms with E-state index in [2.05, 4.69) is 27.7 Å². The molecule has 0 saturated heterocycles. The number of thioether (sulfide) groups is 1. The molecule has 1 N–H and O–H groups in total. The van der Waals surface area contributed by atoms with Crippen molar-refractivity contribution in [3.63, 3.8) is 0 Å². The van der Waals surface area contributed by atoms with Crippen molar-refractivity contribution in [2.24, 2.45) is 0 Å². The normalized spacial score (nSPS) is 12.6. The number of aliphatic hydroxyl groups is 1. The fourth-order valence-electron chi connectivity index (χ4n) is 3.80. The first kappa shape index (κ1) is 23.8. The summed E-state index contributed by atoms with van der Waals surface area (Å²) in [7, 11) is 0. The lowest BCUT2D eigenvalue weighted by molar-refractivity contribution is 0.197. The van der Waals surface area contributed by atoms with Gasteiger partial charge in [-0.3, -0.25) is 4.98 Å². The Balaban J connectivity index is 2.25. The quantitative estimate of drug-likeness (QED) is 0.363. The number of pyridine rings is 1. The third kappa shape index (κ3) is 5.49. The molecule has 0 fully saturated rings. The van der Waals surface area contributed by atoms with E-state index in [1.807, 2.05) is 24.3 Å². The SMILES string of the molecule is CC(C)c1nc(C(C)C)c(C(C)O)c(-c2ccc(Cl)cc2)c1CSc1ccc(F)cc1. The summed E-state index contributed by atoms with van der Waals surface area (Å²) in [6.07, 6.45) is -0.661. The van der Waals surface area contributed by atoms with Gasteiger partial charge in [0.25, 0.3) is 0 Å². The third-order valence-electron chi connectivity index (χ3n) is 5.24. The third-order valence-corrected chi connectivity index (χ3v) is 6.53. The van der Waals surface area contributed by atoms with Crippen LogP contribution in [0.5, 0.6) is 0 Å². The number of halogens is 2. The van der Waals surface area contributed by atoms with E-state index in [1.54, 1.807) is 30.8 Å². The minimum absolute atomic E-state index is 0.173. The Morgan fingerprint density at radius 2 is 1.48 bits per heavy atom. The number of benzene rings is 2. The fraction of sp³-hybridized carbons (Fsp3) is 0.346. The highest BCUT2D eigenvalue weighted by molar-refractivity contribution is 7.98. The van der Waals surface area contributed by atoms with Crippen LogP contribution < -0.4 is 0 Å². The Morgan fingerprint density at radius 3 is 2.00 bits per heavy atom. The van der Waals surface area contributed by atoms with Crippen LogP contribution >= 0.6 is 23.4 Å². The molecule has 0 spiro atoms. The summed E-state index contributed by atoms with van der Waals surface area (Å²) in [5, 5.41) is 11.5. The van der Waals surface area contributed by atoms with Gasteiger partial charge in [-0.15, -0.1) is 11.8 Å². The highest BCUT2D eigenvalue weighted by Gasteiger charge is 2.26. The summed E-state index contributed by atoms with van der Waals surface area (Å²) in [5.41, 5.74) is 5.99. The summed E-state index contributed by atoms with van der Waals surface area (Å²) in [4.78, 5) is 6.05. The smallest absolute Gasteiger partial charge is 0.123 e.